The molecule has 2 aromatic carbocycles. The minimum atomic E-state index is -3.78. The molecule has 0 radical (unpaired) electrons. The Labute approximate surface area is 143 Å². The molecule has 0 atom stereocenters. The van der Waals surface area contributed by atoms with Crippen LogP contribution in [-0.2, 0) is 15.0 Å². The van der Waals surface area contributed by atoms with Gasteiger partial charge in [-0.25, -0.2) is 4.31 Å². The zero-order chi connectivity index (χ0) is 17.7. The summed E-state index contributed by atoms with van der Waals surface area (Å²) in [7, 11) is 0.727. The molecule has 7 heteroatoms. The standard InChI is InChI=1S/C17H21N3O3S/c1-18(2)24(22,23)20(16-12-8-5-9-13-16)14-17(21)19(3)15-10-6-4-7-11-15/h4-13H,14H2,1-3H3. The molecular weight excluding hydrogens is 326 g/mol. The van der Waals surface area contributed by atoms with Crippen LogP contribution in [0.5, 0.6) is 0 Å². The van der Waals surface area contributed by atoms with Gasteiger partial charge < -0.3 is 4.90 Å². The van der Waals surface area contributed by atoms with E-state index in [-0.39, 0.29) is 12.5 Å². The van der Waals surface area contributed by atoms with Crippen LogP contribution >= 0.6 is 0 Å². The van der Waals surface area contributed by atoms with Gasteiger partial charge >= 0.3 is 10.2 Å². The van der Waals surface area contributed by atoms with Crippen LogP contribution in [0.3, 0.4) is 0 Å². The summed E-state index contributed by atoms with van der Waals surface area (Å²) in [5, 5.41) is 0. The van der Waals surface area contributed by atoms with Gasteiger partial charge in [0.15, 0.2) is 0 Å². The predicted molar refractivity (Wildman–Crippen MR) is 96.2 cm³/mol. The molecule has 24 heavy (non-hydrogen) atoms. The molecule has 1 amide bonds. The number of carbonyl (C=O) groups excluding carboxylic acids is 1. The second-order valence-electron chi connectivity index (χ2n) is 5.42. The van der Waals surface area contributed by atoms with Gasteiger partial charge in [-0.3, -0.25) is 4.79 Å². The molecule has 0 spiro atoms. The van der Waals surface area contributed by atoms with Crippen molar-refractivity contribution in [1.29, 1.82) is 0 Å². The van der Waals surface area contributed by atoms with Crippen molar-refractivity contribution in [3.63, 3.8) is 0 Å². The number of carbonyl (C=O) groups is 1. The molecule has 0 saturated heterocycles. The Morgan fingerprint density at radius 3 is 1.75 bits per heavy atom. The highest BCUT2D eigenvalue weighted by molar-refractivity contribution is 7.90. The van der Waals surface area contributed by atoms with E-state index in [9.17, 15) is 13.2 Å². The largest absolute Gasteiger partial charge is 0.314 e. The first-order chi connectivity index (χ1) is 11.3. The molecule has 2 rings (SSSR count). The number of likely N-dealkylation sites (N-methyl/N-ethyl adjacent to an activating group) is 1. The Morgan fingerprint density at radius 1 is 0.833 bits per heavy atom. The third-order valence-electron chi connectivity index (χ3n) is 3.58. The van der Waals surface area contributed by atoms with Gasteiger partial charge in [0.05, 0.1) is 5.69 Å². The minimum Gasteiger partial charge on any atom is -0.314 e. The summed E-state index contributed by atoms with van der Waals surface area (Å²) < 4.78 is 27.4. The van der Waals surface area contributed by atoms with Crippen molar-refractivity contribution < 1.29 is 13.2 Å². The van der Waals surface area contributed by atoms with E-state index in [1.807, 2.05) is 18.2 Å². The summed E-state index contributed by atoms with van der Waals surface area (Å²) in [5.41, 5.74) is 1.15. The minimum absolute atomic E-state index is 0.282. The molecule has 0 aliphatic carbocycles. The number of nitrogens with zero attached hydrogens (tertiary/aromatic N) is 3. The maximum Gasteiger partial charge on any atom is 0.304 e. The van der Waals surface area contributed by atoms with Gasteiger partial charge in [0.25, 0.3) is 0 Å². The lowest BCUT2D eigenvalue weighted by Crippen LogP contribution is -2.46. The fourth-order valence-corrected chi connectivity index (χ4v) is 3.18. The van der Waals surface area contributed by atoms with Crippen molar-refractivity contribution in [2.45, 2.75) is 0 Å². The normalized spacial score (nSPS) is 11.3. The Hall–Kier alpha value is -2.38. The van der Waals surface area contributed by atoms with Crippen LogP contribution < -0.4 is 9.21 Å². The summed E-state index contributed by atoms with van der Waals surface area (Å²) in [5.74, 6) is -0.324. The van der Waals surface area contributed by atoms with Gasteiger partial charge in [0, 0.05) is 26.8 Å². The second-order valence-corrected chi connectivity index (χ2v) is 7.49. The van der Waals surface area contributed by atoms with Crippen LogP contribution in [0.15, 0.2) is 60.7 Å². The molecule has 0 aliphatic heterocycles. The number of amides is 1. The maximum atomic E-state index is 12.6. The van der Waals surface area contributed by atoms with E-state index in [1.54, 1.807) is 49.5 Å². The maximum absolute atomic E-state index is 12.6. The molecule has 0 N–H and O–H groups in total. The first-order valence-electron chi connectivity index (χ1n) is 7.41. The summed E-state index contributed by atoms with van der Waals surface area (Å²) in [4.78, 5) is 14.0. The SMILES string of the molecule is CN(C(=O)CN(c1ccccc1)S(=O)(=O)N(C)C)c1ccccc1. The van der Waals surface area contributed by atoms with Crippen molar-refractivity contribution in [1.82, 2.24) is 4.31 Å². The van der Waals surface area contributed by atoms with Crippen LogP contribution in [0, 0.1) is 0 Å². The molecule has 0 saturated carbocycles. The number of rotatable bonds is 6. The number of benzene rings is 2. The molecule has 0 unspecified atom stereocenters. The third kappa shape index (κ3) is 3.93. The molecule has 0 aromatic heterocycles. The Bertz CT molecular complexity index is 777. The molecule has 0 fully saturated rings. The monoisotopic (exact) mass is 347 g/mol. The van der Waals surface area contributed by atoms with Gasteiger partial charge in [0.2, 0.25) is 5.91 Å². The quantitative estimate of drug-likeness (QED) is 0.803. The van der Waals surface area contributed by atoms with Crippen molar-refractivity contribution in [2.24, 2.45) is 0 Å². The fourth-order valence-electron chi connectivity index (χ4n) is 2.12. The van der Waals surface area contributed by atoms with Crippen molar-refractivity contribution in [3.05, 3.63) is 60.7 Å². The number of para-hydroxylation sites is 2. The van der Waals surface area contributed by atoms with Crippen molar-refractivity contribution in [2.75, 3.05) is 36.9 Å². The van der Waals surface area contributed by atoms with Crippen LogP contribution in [-0.4, -0.2) is 46.3 Å². The zero-order valence-corrected chi connectivity index (χ0v) is 14.8. The first-order valence-corrected chi connectivity index (χ1v) is 8.80. The van der Waals surface area contributed by atoms with Gasteiger partial charge in [-0.1, -0.05) is 36.4 Å². The van der Waals surface area contributed by atoms with Crippen LogP contribution in [0.4, 0.5) is 11.4 Å². The van der Waals surface area contributed by atoms with E-state index in [0.717, 1.165) is 8.61 Å². The van der Waals surface area contributed by atoms with Crippen molar-refractivity contribution >= 4 is 27.5 Å². The van der Waals surface area contributed by atoms with E-state index in [2.05, 4.69) is 0 Å². The van der Waals surface area contributed by atoms with E-state index in [4.69, 9.17) is 0 Å². The lowest BCUT2D eigenvalue weighted by molar-refractivity contribution is -0.116. The molecule has 128 valence electrons. The molecule has 2 aromatic rings. The molecule has 6 nitrogen and oxygen atoms in total. The van der Waals surface area contributed by atoms with E-state index < -0.39 is 10.2 Å². The van der Waals surface area contributed by atoms with E-state index in [0.29, 0.717) is 11.4 Å². The molecule has 0 heterocycles. The average molecular weight is 347 g/mol. The van der Waals surface area contributed by atoms with E-state index >= 15 is 0 Å². The number of hydrogen-bond donors (Lipinski definition) is 0. The number of hydrogen-bond acceptors (Lipinski definition) is 3. The first kappa shape index (κ1) is 18.0. The Morgan fingerprint density at radius 2 is 1.29 bits per heavy atom. The third-order valence-corrected chi connectivity index (χ3v) is 5.40. The fraction of sp³-hybridized carbons (Fsp3) is 0.235. The van der Waals surface area contributed by atoms with Crippen molar-refractivity contribution in [3.8, 4) is 0 Å². The molecule has 0 aliphatic rings. The van der Waals surface area contributed by atoms with Gasteiger partial charge in [-0.05, 0) is 24.3 Å². The second kappa shape index (κ2) is 7.46. The average Bonchev–Trinajstić information content (AvgIpc) is 2.60. The highest BCUT2D eigenvalue weighted by Gasteiger charge is 2.28. The molecular formula is C17H21N3O3S. The highest BCUT2D eigenvalue weighted by Crippen LogP contribution is 2.20. The van der Waals surface area contributed by atoms with Crippen LogP contribution in [0.25, 0.3) is 0 Å². The summed E-state index contributed by atoms with van der Waals surface area (Å²) in [6.45, 7) is -0.282. The zero-order valence-electron chi connectivity index (χ0n) is 14.0. The summed E-state index contributed by atoms with van der Waals surface area (Å²) in [6, 6.07) is 17.7. The Kier molecular flexibility index (Phi) is 5.58. The molecule has 0 bridgehead atoms. The highest BCUT2D eigenvalue weighted by atomic mass is 32.2. The smallest absolute Gasteiger partial charge is 0.304 e. The van der Waals surface area contributed by atoms with Gasteiger partial charge in [0.1, 0.15) is 6.54 Å². The predicted octanol–water partition coefficient (Wildman–Crippen LogP) is 1.96. The lowest BCUT2D eigenvalue weighted by atomic mass is 10.3. The topological polar surface area (TPSA) is 60.9 Å². The summed E-state index contributed by atoms with van der Waals surface area (Å²) >= 11 is 0. The van der Waals surface area contributed by atoms with Crippen LogP contribution in [0.2, 0.25) is 0 Å². The van der Waals surface area contributed by atoms with E-state index in [1.165, 1.54) is 19.0 Å². The lowest BCUT2D eigenvalue weighted by Gasteiger charge is -2.28. The summed E-state index contributed by atoms with van der Waals surface area (Å²) in [6.07, 6.45) is 0. The van der Waals surface area contributed by atoms with Gasteiger partial charge in [-0.15, -0.1) is 0 Å². The van der Waals surface area contributed by atoms with Crippen LogP contribution in [0.1, 0.15) is 0 Å². The Balaban J connectivity index is 2.31. The number of anilines is 2. The van der Waals surface area contributed by atoms with Gasteiger partial charge in [-0.2, -0.15) is 12.7 Å².